The van der Waals surface area contributed by atoms with Crippen LogP contribution in [0.25, 0.3) is 0 Å². The van der Waals surface area contributed by atoms with Crippen molar-refractivity contribution in [3.8, 4) is 0 Å². The SMILES string of the molecule is C/C=C/C(=O)N(C)C(=O)NC(C(=O)NC1C(=O)N2C(C(=O)[O-])=C(CSc3nnnn3C)CS[C@@H]12)c1ccccc1.[Na+]. The third kappa shape index (κ3) is 7.01. The number of rotatable bonds is 9. The topological polar surface area (TPSA) is 183 Å². The van der Waals surface area contributed by atoms with E-state index in [-0.39, 0.29) is 46.8 Å². The Balaban J connectivity index is 0.00000462. The molecule has 0 spiro atoms. The summed E-state index contributed by atoms with van der Waals surface area (Å²) in [5.41, 5.74) is 0.655. The predicted octanol–water partition coefficient (Wildman–Crippen LogP) is -3.80. The van der Waals surface area contributed by atoms with E-state index in [4.69, 9.17) is 0 Å². The molecule has 17 heteroatoms. The predicted molar refractivity (Wildman–Crippen MR) is 142 cm³/mol. The van der Waals surface area contributed by atoms with E-state index in [0.717, 1.165) is 9.80 Å². The molecule has 2 aliphatic heterocycles. The second kappa shape index (κ2) is 14.1. The smallest absolute Gasteiger partial charge is 0.543 e. The summed E-state index contributed by atoms with van der Waals surface area (Å²) in [6.07, 6.45) is 2.69. The maximum absolute atomic E-state index is 13.4. The molecule has 14 nitrogen and oxygen atoms in total. The van der Waals surface area contributed by atoms with Gasteiger partial charge in [-0.1, -0.05) is 48.2 Å². The number of nitrogens with zero attached hydrogens (tertiary/aromatic N) is 6. The molecule has 2 aromatic rings. The average molecular weight is 609 g/mol. The number of carboxylic acids is 1. The van der Waals surface area contributed by atoms with E-state index in [1.54, 1.807) is 44.3 Å². The minimum atomic E-state index is -1.50. The molecule has 41 heavy (non-hydrogen) atoms. The second-order valence-electron chi connectivity index (χ2n) is 8.70. The van der Waals surface area contributed by atoms with E-state index in [9.17, 15) is 29.1 Å². The average Bonchev–Trinajstić information content (AvgIpc) is 3.36. The van der Waals surface area contributed by atoms with Crippen molar-refractivity contribution < 1.29 is 58.6 Å². The van der Waals surface area contributed by atoms with E-state index in [1.165, 1.54) is 47.4 Å². The summed E-state index contributed by atoms with van der Waals surface area (Å²) in [6.45, 7) is 1.63. The van der Waals surface area contributed by atoms with Gasteiger partial charge in [-0.25, -0.2) is 9.48 Å². The number of urea groups is 1. The van der Waals surface area contributed by atoms with Crippen molar-refractivity contribution >= 4 is 53.2 Å². The molecule has 1 fully saturated rings. The van der Waals surface area contributed by atoms with Crippen molar-refractivity contribution in [1.29, 1.82) is 0 Å². The van der Waals surface area contributed by atoms with Gasteiger partial charge in [0.25, 0.3) is 11.8 Å². The maximum atomic E-state index is 13.4. The molecule has 3 heterocycles. The number of benzene rings is 1. The zero-order chi connectivity index (χ0) is 29.0. The number of fused-ring (bicyclic) bond motifs is 1. The number of thioether (sulfide) groups is 2. The standard InChI is InChI=1S/C24H26N8O6S2.Na/c1-4-8-15(33)30(2)23(38)26-16(13-9-6-5-7-10-13)19(34)25-17-20(35)32-18(22(36)37)14(11-39-21(17)32)12-40-24-27-28-29-31(24)3;/h4-10,16-17,21H,11-12H2,1-3H3,(H,25,34)(H,26,38)(H,36,37);/q;+1/p-1/b8-4+;/t16?,17?,21-;/m0./s1. The number of nitrogens with one attached hydrogen (secondary N) is 2. The van der Waals surface area contributed by atoms with Gasteiger partial charge in [-0.3, -0.25) is 24.2 Å². The number of aliphatic carboxylic acids is 1. The van der Waals surface area contributed by atoms with Crippen LogP contribution in [0.15, 0.2) is 58.9 Å². The molecule has 0 bridgehead atoms. The van der Waals surface area contributed by atoms with Crippen molar-refractivity contribution in [2.24, 2.45) is 7.05 Å². The van der Waals surface area contributed by atoms with Crippen LogP contribution in [0.5, 0.6) is 0 Å². The molecule has 3 atom stereocenters. The first-order valence-electron chi connectivity index (χ1n) is 11.9. The van der Waals surface area contributed by atoms with Crippen LogP contribution in [0.4, 0.5) is 4.79 Å². The molecule has 0 radical (unpaired) electrons. The van der Waals surface area contributed by atoms with Gasteiger partial charge >= 0.3 is 35.6 Å². The number of allylic oxidation sites excluding steroid dienone is 1. The first-order chi connectivity index (χ1) is 19.1. The molecule has 0 aliphatic carbocycles. The van der Waals surface area contributed by atoms with Gasteiger partial charge in [0.1, 0.15) is 17.5 Å². The molecule has 2 N–H and O–H groups in total. The summed E-state index contributed by atoms with van der Waals surface area (Å²) in [4.78, 5) is 65.3. The van der Waals surface area contributed by atoms with E-state index >= 15 is 0 Å². The van der Waals surface area contributed by atoms with Crippen LogP contribution >= 0.6 is 23.5 Å². The number of carboxylic acid groups (broad SMARTS) is 1. The number of amides is 5. The summed E-state index contributed by atoms with van der Waals surface area (Å²) in [7, 11) is 2.92. The molecule has 1 aromatic carbocycles. The Bertz CT molecular complexity index is 1400. The summed E-state index contributed by atoms with van der Waals surface area (Å²) >= 11 is 2.52. The summed E-state index contributed by atoms with van der Waals surface area (Å²) < 4.78 is 1.44. The molecule has 1 saturated heterocycles. The second-order valence-corrected chi connectivity index (χ2v) is 10.7. The van der Waals surface area contributed by atoms with Crippen molar-refractivity contribution in [1.82, 2.24) is 40.6 Å². The number of imide groups is 1. The summed E-state index contributed by atoms with van der Waals surface area (Å²) in [5.74, 6) is -2.90. The molecule has 0 saturated carbocycles. The van der Waals surface area contributed by atoms with Gasteiger partial charge in [0.15, 0.2) is 0 Å². The fraction of sp³-hybridized carbons (Fsp3) is 0.333. The number of tetrazole rings is 1. The zero-order valence-corrected chi connectivity index (χ0v) is 26.3. The van der Waals surface area contributed by atoms with Crippen LogP contribution < -0.4 is 45.3 Å². The minimum absolute atomic E-state index is 0. The zero-order valence-electron chi connectivity index (χ0n) is 22.6. The number of hydrogen-bond donors (Lipinski definition) is 2. The molecule has 5 amide bonds. The Labute approximate surface area is 265 Å². The first kappa shape index (κ1) is 32.3. The Hall–Kier alpha value is -3.18. The third-order valence-electron chi connectivity index (χ3n) is 6.10. The first-order valence-corrected chi connectivity index (χ1v) is 14.0. The third-order valence-corrected chi connectivity index (χ3v) is 8.54. The normalized spacial score (nSPS) is 18.6. The van der Waals surface area contributed by atoms with Crippen molar-refractivity contribution in [2.75, 3.05) is 18.6 Å². The minimum Gasteiger partial charge on any atom is -0.543 e. The fourth-order valence-electron chi connectivity index (χ4n) is 4.04. The molecule has 1 aromatic heterocycles. The van der Waals surface area contributed by atoms with E-state index < -0.39 is 47.2 Å². The van der Waals surface area contributed by atoms with Crippen LogP contribution in [-0.2, 0) is 26.2 Å². The van der Waals surface area contributed by atoms with Crippen LogP contribution in [-0.4, -0.2) is 89.7 Å². The van der Waals surface area contributed by atoms with Gasteiger partial charge in [0.05, 0.1) is 11.7 Å². The van der Waals surface area contributed by atoms with E-state index in [0.29, 0.717) is 16.3 Å². The van der Waals surface area contributed by atoms with Gasteiger partial charge in [-0.05, 0) is 34.6 Å². The Morgan fingerprint density at radius 1 is 1.27 bits per heavy atom. The molecule has 210 valence electrons. The maximum Gasteiger partial charge on any atom is 1.00 e. The summed E-state index contributed by atoms with van der Waals surface area (Å²) in [5, 5.41) is 28.2. The molecule has 2 aliphatic rings. The Morgan fingerprint density at radius 2 is 1.98 bits per heavy atom. The molecule has 4 rings (SSSR count). The van der Waals surface area contributed by atoms with E-state index in [2.05, 4.69) is 26.2 Å². The summed E-state index contributed by atoms with van der Waals surface area (Å²) in [6, 6.07) is 5.25. The van der Waals surface area contributed by atoms with Crippen molar-refractivity contribution in [3.63, 3.8) is 0 Å². The van der Waals surface area contributed by atoms with Gasteiger partial charge in [-0.2, -0.15) is 0 Å². The van der Waals surface area contributed by atoms with Crippen LogP contribution in [0, 0.1) is 0 Å². The van der Waals surface area contributed by atoms with Gasteiger partial charge < -0.3 is 20.5 Å². The van der Waals surface area contributed by atoms with Crippen molar-refractivity contribution in [2.45, 2.75) is 29.5 Å². The van der Waals surface area contributed by atoms with Crippen LogP contribution in [0.1, 0.15) is 18.5 Å². The molecule has 2 unspecified atom stereocenters. The Morgan fingerprint density at radius 3 is 2.59 bits per heavy atom. The number of aryl methyl sites for hydroxylation is 1. The van der Waals surface area contributed by atoms with Crippen LogP contribution in [0.2, 0.25) is 0 Å². The number of β-lactam (4-membered cyclic amide) rings is 1. The molecular formula is C24H25N8NaO6S2. The number of hydrogen-bond acceptors (Lipinski definition) is 11. The van der Waals surface area contributed by atoms with Crippen molar-refractivity contribution in [3.05, 3.63) is 59.3 Å². The van der Waals surface area contributed by atoms with E-state index in [1.807, 2.05) is 0 Å². The number of aromatic nitrogens is 4. The number of likely N-dealkylation sites (N-methyl/N-ethyl adjacent to an activating group) is 1. The van der Waals surface area contributed by atoms with Gasteiger partial charge in [0, 0.05) is 25.6 Å². The number of carbonyl (C=O) groups is 5. The quantitative estimate of drug-likeness (QED) is 0.123. The van der Waals surface area contributed by atoms with Gasteiger partial charge in [-0.15, -0.1) is 16.9 Å². The Kier molecular flexibility index (Phi) is 11.1. The monoisotopic (exact) mass is 608 g/mol. The fourth-order valence-corrected chi connectivity index (χ4v) is 6.37. The van der Waals surface area contributed by atoms with Crippen LogP contribution in [0.3, 0.4) is 0 Å². The van der Waals surface area contributed by atoms with Gasteiger partial charge in [0.2, 0.25) is 11.1 Å². The number of carbonyl (C=O) groups excluding carboxylic acids is 5. The molecular weight excluding hydrogens is 583 g/mol. The largest absolute Gasteiger partial charge is 1.00 e.